The highest BCUT2D eigenvalue weighted by atomic mass is 35.5. The fraction of sp³-hybridized carbons (Fsp3) is 0.370. The van der Waals surface area contributed by atoms with Crippen LogP contribution in [0.15, 0.2) is 42.5 Å². The summed E-state index contributed by atoms with van der Waals surface area (Å²) in [7, 11) is 0. The number of aryl methyl sites for hydroxylation is 1. The number of nitrogens with zero attached hydrogens (tertiary/aromatic N) is 1. The molecule has 8 nitrogen and oxygen atoms in total. The predicted molar refractivity (Wildman–Crippen MR) is 145 cm³/mol. The third kappa shape index (κ3) is 6.59. The number of Topliss-reactive ketones (excluding diaryl/α,β-unsaturated/α-hetero) is 1. The van der Waals surface area contributed by atoms with E-state index in [4.69, 9.17) is 11.6 Å². The van der Waals surface area contributed by atoms with Gasteiger partial charge in [-0.25, -0.2) is 0 Å². The summed E-state index contributed by atoms with van der Waals surface area (Å²) >= 11 is 6.17. The zero-order chi connectivity index (χ0) is 26.0. The largest absolute Gasteiger partial charge is 0.373 e. The highest BCUT2D eigenvalue weighted by molar-refractivity contribution is 7.59. The normalized spacial score (nSPS) is 20.4. The van der Waals surface area contributed by atoms with Crippen LogP contribution in [0, 0.1) is 6.92 Å². The fourth-order valence-corrected chi connectivity index (χ4v) is 4.86. The molecule has 2 aliphatic heterocycles. The molecule has 37 heavy (non-hydrogen) atoms. The molecule has 3 atom stereocenters. The van der Waals surface area contributed by atoms with E-state index in [9.17, 15) is 24.0 Å². The minimum atomic E-state index is -0.963. The molecule has 0 saturated carbocycles. The molecule has 0 aromatic heterocycles. The minimum absolute atomic E-state index is 0. The number of ketones is 1. The maximum Gasteiger partial charge on any atom is 0.252 e. The number of benzene rings is 2. The van der Waals surface area contributed by atoms with Gasteiger partial charge in [0.2, 0.25) is 17.7 Å². The Morgan fingerprint density at radius 3 is 2.62 bits per heavy atom. The van der Waals surface area contributed by atoms with Crippen LogP contribution in [0.5, 0.6) is 0 Å². The lowest BCUT2D eigenvalue weighted by atomic mass is 9.93. The van der Waals surface area contributed by atoms with Gasteiger partial charge in [0.25, 0.3) is 5.91 Å². The first-order valence-electron chi connectivity index (χ1n) is 11.9. The Bertz CT molecular complexity index is 1250. The van der Waals surface area contributed by atoms with Crippen molar-refractivity contribution in [3.8, 4) is 0 Å². The second-order valence-corrected chi connectivity index (χ2v) is 9.91. The smallest absolute Gasteiger partial charge is 0.252 e. The van der Waals surface area contributed by atoms with E-state index in [1.807, 2.05) is 50.2 Å². The second-order valence-electron chi connectivity index (χ2n) is 9.50. The number of halogens is 1. The third-order valence-electron chi connectivity index (χ3n) is 6.67. The number of imide groups is 2. The molecule has 0 aliphatic carbocycles. The predicted octanol–water partition coefficient (Wildman–Crippen LogP) is 3.41. The molecule has 196 valence electrons. The van der Waals surface area contributed by atoms with E-state index in [1.54, 1.807) is 6.07 Å². The first-order valence-corrected chi connectivity index (χ1v) is 12.3. The average molecular weight is 544 g/mol. The van der Waals surface area contributed by atoms with Crippen LogP contribution in [0.25, 0.3) is 0 Å². The number of carbonyl (C=O) groups is 5. The van der Waals surface area contributed by atoms with Crippen molar-refractivity contribution in [3.63, 3.8) is 0 Å². The van der Waals surface area contributed by atoms with Crippen LogP contribution in [0.3, 0.4) is 0 Å². The molecule has 4 rings (SSSR count). The monoisotopic (exact) mass is 543 g/mol. The third-order valence-corrected chi connectivity index (χ3v) is 7.08. The quantitative estimate of drug-likeness (QED) is 0.493. The Labute approximate surface area is 227 Å². The second kappa shape index (κ2) is 11.9. The van der Waals surface area contributed by atoms with E-state index < -0.39 is 35.7 Å². The van der Waals surface area contributed by atoms with E-state index in [0.29, 0.717) is 23.6 Å². The first kappa shape index (κ1) is 28.4. The molecule has 2 fully saturated rings. The maximum atomic E-state index is 13.0. The molecule has 2 unspecified atom stereocenters. The molecule has 2 aliphatic rings. The summed E-state index contributed by atoms with van der Waals surface area (Å²) in [5.41, 5.74) is 3.42. The van der Waals surface area contributed by atoms with Crippen LogP contribution in [0.2, 0.25) is 5.02 Å². The molecule has 2 heterocycles. The Kier molecular flexibility index (Phi) is 9.15. The van der Waals surface area contributed by atoms with Gasteiger partial charge in [-0.2, -0.15) is 13.5 Å². The molecule has 2 N–H and O–H groups in total. The van der Waals surface area contributed by atoms with Gasteiger partial charge < -0.3 is 5.32 Å². The van der Waals surface area contributed by atoms with Crippen LogP contribution < -0.4 is 10.6 Å². The number of likely N-dealkylation sites (tertiary alicyclic amines) is 1. The number of amides is 4. The lowest BCUT2D eigenvalue weighted by molar-refractivity contribution is -0.150. The number of hydrogen-bond acceptors (Lipinski definition) is 6. The highest BCUT2D eigenvalue weighted by Gasteiger charge is 2.46. The Morgan fingerprint density at radius 1 is 1.16 bits per heavy atom. The van der Waals surface area contributed by atoms with Gasteiger partial charge in [0.05, 0.1) is 6.42 Å². The topological polar surface area (TPSA) is 113 Å². The summed E-state index contributed by atoms with van der Waals surface area (Å²) in [6.45, 7) is 3.88. The zero-order valence-corrected chi connectivity index (χ0v) is 22.4. The first-order chi connectivity index (χ1) is 17.1. The van der Waals surface area contributed by atoms with E-state index in [1.165, 1.54) is 0 Å². The molecule has 4 amide bonds. The van der Waals surface area contributed by atoms with Crippen LogP contribution >= 0.6 is 25.1 Å². The molecule has 0 spiro atoms. The Morgan fingerprint density at radius 2 is 1.92 bits per heavy atom. The summed E-state index contributed by atoms with van der Waals surface area (Å²) in [4.78, 5) is 62.7. The molecule has 2 aromatic rings. The summed E-state index contributed by atoms with van der Waals surface area (Å²) < 4.78 is 0. The van der Waals surface area contributed by atoms with Crippen LogP contribution in [-0.4, -0.2) is 46.4 Å². The van der Waals surface area contributed by atoms with Crippen molar-refractivity contribution in [3.05, 3.63) is 64.2 Å². The maximum absolute atomic E-state index is 13.0. The summed E-state index contributed by atoms with van der Waals surface area (Å²) in [5, 5.41) is 5.93. The van der Waals surface area contributed by atoms with Crippen LogP contribution in [-0.2, 0) is 30.4 Å². The SMILES string of the molecule is Cc1ccc(CC(=O)C[C@@H](C)c2cccc(NC3CC(=O)N(C4CCC(=O)NC4=O)C3=O)c2)cc1Cl.S. The van der Waals surface area contributed by atoms with Crippen molar-refractivity contribution in [1.29, 1.82) is 0 Å². The molecular weight excluding hydrogens is 514 g/mol. The Hall–Kier alpha value is -3.17. The number of nitrogens with one attached hydrogen (secondary N) is 2. The Balaban J connectivity index is 0.00000380. The van der Waals surface area contributed by atoms with Gasteiger partial charge in [0.15, 0.2) is 0 Å². The molecular formula is C27H30ClN3O5S. The van der Waals surface area contributed by atoms with Crippen molar-refractivity contribution in [2.45, 2.75) is 64.0 Å². The standard InChI is InChI=1S/C27H28ClN3O5.H2S/c1-15-6-7-17(12-21(15)28)11-20(32)10-16(2)18-4-3-5-19(13-18)29-22-14-25(34)31(27(22)36)23-8-9-24(33)30-26(23)35;/h3-7,12-13,16,22-23,29H,8-11,14H2,1-2H3,(H,30,33,35);1H2/t16-,22?,23?;/m1./s1. The van der Waals surface area contributed by atoms with Gasteiger partial charge >= 0.3 is 0 Å². The number of rotatable bonds is 8. The summed E-state index contributed by atoms with van der Waals surface area (Å²) in [5.74, 6) is -1.92. The van der Waals surface area contributed by atoms with Gasteiger partial charge in [0, 0.05) is 30.0 Å². The van der Waals surface area contributed by atoms with Gasteiger partial charge in [0.1, 0.15) is 17.9 Å². The van der Waals surface area contributed by atoms with E-state index >= 15 is 0 Å². The average Bonchev–Trinajstić information content (AvgIpc) is 3.09. The van der Waals surface area contributed by atoms with E-state index in [2.05, 4.69) is 10.6 Å². The van der Waals surface area contributed by atoms with Crippen LogP contribution in [0.4, 0.5) is 5.69 Å². The number of hydrogen-bond donors (Lipinski definition) is 2. The molecule has 2 aromatic carbocycles. The number of piperidine rings is 1. The molecule has 10 heteroatoms. The zero-order valence-electron chi connectivity index (χ0n) is 20.7. The van der Waals surface area contributed by atoms with Crippen molar-refractivity contribution < 1.29 is 24.0 Å². The summed E-state index contributed by atoms with van der Waals surface area (Å²) in [6.07, 6.45) is 0.788. The van der Waals surface area contributed by atoms with E-state index in [0.717, 1.165) is 21.6 Å². The lowest BCUT2D eigenvalue weighted by Crippen LogP contribution is -2.54. The van der Waals surface area contributed by atoms with Gasteiger partial charge in [-0.05, 0) is 54.2 Å². The van der Waals surface area contributed by atoms with Gasteiger partial charge in [-0.3, -0.25) is 34.2 Å². The van der Waals surface area contributed by atoms with Gasteiger partial charge in [-0.1, -0.05) is 42.8 Å². The van der Waals surface area contributed by atoms with Crippen molar-refractivity contribution >= 4 is 60.2 Å². The summed E-state index contributed by atoms with van der Waals surface area (Å²) in [6, 6.07) is 11.3. The fourth-order valence-electron chi connectivity index (χ4n) is 4.66. The van der Waals surface area contributed by atoms with E-state index in [-0.39, 0.29) is 44.5 Å². The molecule has 0 bridgehead atoms. The minimum Gasteiger partial charge on any atom is -0.373 e. The van der Waals surface area contributed by atoms with Gasteiger partial charge in [-0.15, -0.1) is 0 Å². The van der Waals surface area contributed by atoms with Crippen LogP contribution in [0.1, 0.15) is 55.2 Å². The number of carbonyl (C=O) groups excluding carboxylic acids is 5. The van der Waals surface area contributed by atoms with Crippen molar-refractivity contribution in [2.75, 3.05) is 5.32 Å². The number of anilines is 1. The molecule has 2 saturated heterocycles. The lowest BCUT2D eigenvalue weighted by Gasteiger charge is -2.28. The molecule has 0 radical (unpaired) electrons. The van der Waals surface area contributed by atoms with Crippen molar-refractivity contribution in [2.24, 2.45) is 0 Å². The van der Waals surface area contributed by atoms with Crippen molar-refractivity contribution in [1.82, 2.24) is 10.2 Å². The highest BCUT2D eigenvalue weighted by Crippen LogP contribution is 2.27.